The molecule has 4 aromatic carbocycles. The number of rotatable bonds is 4. The lowest BCUT2D eigenvalue weighted by Gasteiger charge is -2.11. The summed E-state index contributed by atoms with van der Waals surface area (Å²) in [6.07, 6.45) is 5.46. The van der Waals surface area contributed by atoms with Gasteiger partial charge in [0.1, 0.15) is 5.82 Å². The highest BCUT2D eigenvalue weighted by Crippen LogP contribution is 2.49. The van der Waals surface area contributed by atoms with Gasteiger partial charge in [0.25, 0.3) is 0 Å². The van der Waals surface area contributed by atoms with Gasteiger partial charge in [0, 0.05) is 17.0 Å². The van der Waals surface area contributed by atoms with Gasteiger partial charge in [-0.15, -0.1) is 0 Å². The van der Waals surface area contributed by atoms with E-state index in [1.165, 1.54) is 43.8 Å². The predicted octanol–water partition coefficient (Wildman–Crippen LogP) is 9.33. The molecule has 1 aliphatic rings. The van der Waals surface area contributed by atoms with E-state index in [1.54, 1.807) is 6.08 Å². The molecule has 0 N–H and O–H groups in total. The van der Waals surface area contributed by atoms with Gasteiger partial charge in [-0.05, 0) is 80.6 Å². The zero-order valence-electron chi connectivity index (χ0n) is 21.2. The van der Waals surface area contributed by atoms with Crippen molar-refractivity contribution in [3.05, 3.63) is 128 Å². The molecule has 3 aromatic heterocycles. The van der Waals surface area contributed by atoms with Crippen molar-refractivity contribution in [2.45, 2.75) is 0 Å². The summed E-state index contributed by atoms with van der Waals surface area (Å²) >= 11 is 0. The second-order valence-electron chi connectivity index (χ2n) is 9.96. The first-order valence-corrected chi connectivity index (χ1v) is 13.1. The maximum absolute atomic E-state index is 5.13. The predicted molar refractivity (Wildman–Crippen MR) is 164 cm³/mol. The van der Waals surface area contributed by atoms with Crippen LogP contribution in [0.3, 0.4) is 0 Å². The van der Waals surface area contributed by atoms with Crippen LogP contribution in [-0.2, 0) is 0 Å². The first kappa shape index (κ1) is 21.8. The van der Waals surface area contributed by atoms with E-state index in [0.29, 0.717) is 0 Å². The van der Waals surface area contributed by atoms with Crippen molar-refractivity contribution in [2.24, 2.45) is 0 Å². The summed E-state index contributed by atoms with van der Waals surface area (Å²) in [6.45, 7) is 7.85. The Balaban J connectivity index is 1.40. The average molecular weight is 498 g/mol. The molecule has 39 heavy (non-hydrogen) atoms. The number of nitrogens with zero attached hydrogens (tertiary/aromatic N) is 3. The van der Waals surface area contributed by atoms with Gasteiger partial charge in [-0.2, -0.15) is 0 Å². The maximum Gasteiger partial charge on any atom is 0.138 e. The van der Waals surface area contributed by atoms with E-state index in [9.17, 15) is 0 Å². The van der Waals surface area contributed by atoms with Crippen molar-refractivity contribution in [1.29, 1.82) is 0 Å². The minimum Gasteiger partial charge on any atom is -0.294 e. The third-order valence-electron chi connectivity index (χ3n) is 7.93. The van der Waals surface area contributed by atoms with E-state index >= 15 is 0 Å². The van der Waals surface area contributed by atoms with Crippen LogP contribution in [0, 0.1) is 0 Å². The highest BCUT2D eigenvalue weighted by molar-refractivity contribution is 6.20. The molecule has 182 valence electrons. The fraction of sp³-hybridized carbons (Fsp3) is 0. The molecule has 0 amide bonds. The Hall–Kier alpha value is -5.28. The second kappa shape index (κ2) is 8.11. The molecule has 3 heteroatoms. The van der Waals surface area contributed by atoms with Crippen LogP contribution in [0.4, 0.5) is 0 Å². The summed E-state index contributed by atoms with van der Waals surface area (Å²) in [5.41, 5.74) is 11.0. The highest BCUT2D eigenvalue weighted by atomic mass is 15.1. The van der Waals surface area contributed by atoms with Gasteiger partial charge < -0.3 is 0 Å². The number of aromatic nitrogens is 3. The molecule has 0 aliphatic heterocycles. The van der Waals surface area contributed by atoms with Gasteiger partial charge in [-0.25, -0.2) is 4.98 Å². The number of hydrogen-bond acceptors (Lipinski definition) is 2. The van der Waals surface area contributed by atoms with E-state index in [-0.39, 0.29) is 0 Å². The van der Waals surface area contributed by atoms with Crippen LogP contribution in [0.2, 0.25) is 0 Å². The Kier molecular flexibility index (Phi) is 4.53. The molecule has 3 nitrogen and oxygen atoms in total. The first-order valence-electron chi connectivity index (χ1n) is 13.1. The van der Waals surface area contributed by atoms with Crippen LogP contribution in [0.1, 0.15) is 11.1 Å². The number of hydrogen-bond donors (Lipinski definition) is 0. The smallest absolute Gasteiger partial charge is 0.138 e. The number of para-hydroxylation sites is 1. The first-order chi connectivity index (χ1) is 19.2. The largest absolute Gasteiger partial charge is 0.294 e. The topological polar surface area (TPSA) is 30.7 Å². The Morgan fingerprint density at radius 2 is 1.33 bits per heavy atom. The summed E-state index contributed by atoms with van der Waals surface area (Å²) in [4.78, 5) is 9.81. The van der Waals surface area contributed by atoms with Crippen molar-refractivity contribution < 1.29 is 0 Å². The fourth-order valence-corrected chi connectivity index (χ4v) is 6.16. The standard InChI is InChI=1S/C36H23N3/c1-3-22-18-32(37-21-23(22)4-2)31-15-9-17-35(38-31)39-33-16-6-5-12-25(33)30-19-28-26-13-7-10-24-11-8-14-27(36(24)26)29(28)20-34(30)39/h3-21H,1-2H2. The molecule has 0 unspecified atom stereocenters. The zero-order chi connectivity index (χ0) is 26.1. The van der Waals surface area contributed by atoms with Gasteiger partial charge >= 0.3 is 0 Å². The second-order valence-corrected chi connectivity index (χ2v) is 9.96. The van der Waals surface area contributed by atoms with Crippen molar-refractivity contribution in [1.82, 2.24) is 14.5 Å². The highest BCUT2D eigenvalue weighted by Gasteiger charge is 2.24. The van der Waals surface area contributed by atoms with E-state index < -0.39 is 0 Å². The summed E-state index contributed by atoms with van der Waals surface area (Å²) in [7, 11) is 0. The molecule has 3 heterocycles. The fourth-order valence-electron chi connectivity index (χ4n) is 6.16. The SMILES string of the molecule is C=Cc1cnc(-c2cccc(-n3c4ccccc4c4cc5c(cc43)-c3cccc4cccc-5c34)n2)cc1C=C. The lowest BCUT2D eigenvalue weighted by Crippen LogP contribution is -1.99. The number of pyridine rings is 2. The Labute approximate surface area is 226 Å². The summed E-state index contributed by atoms with van der Waals surface area (Å²) in [5, 5.41) is 5.06. The summed E-state index contributed by atoms with van der Waals surface area (Å²) in [6, 6.07) is 34.7. The molecule has 0 fully saturated rings. The minimum absolute atomic E-state index is 0.807. The maximum atomic E-state index is 5.13. The van der Waals surface area contributed by atoms with Gasteiger partial charge in [0.2, 0.25) is 0 Å². The van der Waals surface area contributed by atoms with Crippen LogP contribution >= 0.6 is 0 Å². The van der Waals surface area contributed by atoms with Crippen molar-refractivity contribution in [3.8, 4) is 39.5 Å². The molecule has 0 bridgehead atoms. The van der Waals surface area contributed by atoms with Crippen LogP contribution in [0.5, 0.6) is 0 Å². The summed E-state index contributed by atoms with van der Waals surface area (Å²) in [5.74, 6) is 0.863. The van der Waals surface area contributed by atoms with Crippen LogP contribution in [0.15, 0.2) is 116 Å². The van der Waals surface area contributed by atoms with Gasteiger partial charge in [-0.1, -0.05) is 86.0 Å². The van der Waals surface area contributed by atoms with Crippen LogP contribution < -0.4 is 0 Å². The van der Waals surface area contributed by atoms with E-state index in [1.807, 2.05) is 24.4 Å². The zero-order valence-corrected chi connectivity index (χ0v) is 21.2. The third kappa shape index (κ3) is 3.04. The van der Waals surface area contributed by atoms with Crippen LogP contribution in [-0.4, -0.2) is 14.5 Å². The summed E-state index contributed by atoms with van der Waals surface area (Å²) < 4.78 is 2.28. The van der Waals surface area contributed by atoms with Crippen molar-refractivity contribution >= 4 is 44.7 Å². The van der Waals surface area contributed by atoms with E-state index in [0.717, 1.165) is 39.4 Å². The van der Waals surface area contributed by atoms with Crippen molar-refractivity contribution in [3.63, 3.8) is 0 Å². The molecular formula is C36H23N3. The molecular weight excluding hydrogens is 474 g/mol. The van der Waals surface area contributed by atoms with E-state index in [2.05, 4.69) is 108 Å². The molecule has 0 radical (unpaired) electrons. The lowest BCUT2D eigenvalue weighted by atomic mass is 10.0. The average Bonchev–Trinajstić information content (AvgIpc) is 3.49. The molecule has 1 aliphatic carbocycles. The number of benzene rings is 4. The quantitative estimate of drug-likeness (QED) is 0.242. The van der Waals surface area contributed by atoms with Crippen LogP contribution in [0.25, 0.3) is 84.2 Å². The van der Waals surface area contributed by atoms with Gasteiger partial charge in [0.15, 0.2) is 0 Å². The van der Waals surface area contributed by atoms with E-state index in [4.69, 9.17) is 4.98 Å². The Morgan fingerprint density at radius 1 is 0.590 bits per heavy atom. The normalized spacial score (nSPS) is 11.8. The molecule has 8 rings (SSSR count). The molecule has 0 saturated heterocycles. The Bertz CT molecular complexity index is 2160. The minimum atomic E-state index is 0.807. The lowest BCUT2D eigenvalue weighted by molar-refractivity contribution is 1.08. The van der Waals surface area contributed by atoms with Gasteiger partial charge in [-0.3, -0.25) is 9.55 Å². The molecule has 0 saturated carbocycles. The molecule has 7 aromatic rings. The Morgan fingerprint density at radius 3 is 2.13 bits per heavy atom. The van der Waals surface area contributed by atoms with Gasteiger partial charge in [0.05, 0.1) is 22.4 Å². The molecule has 0 atom stereocenters. The number of fused-ring (bicyclic) bond motifs is 6. The monoisotopic (exact) mass is 497 g/mol. The molecule has 0 spiro atoms. The van der Waals surface area contributed by atoms with Crippen molar-refractivity contribution in [2.75, 3.05) is 0 Å². The third-order valence-corrected chi connectivity index (χ3v) is 7.93.